The topological polar surface area (TPSA) is 102 Å². The van der Waals surface area contributed by atoms with Gasteiger partial charge in [0, 0.05) is 11.8 Å². The molecule has 0 aromatic heterocycles. The second-order valence-corrected chi connectivity index (χ2v) is 9.35. The first-order valence-electron chi connectivity index (χ1n) is 12.1. The standard InChI is InChI=1S/C14H17NO.C14H18O3/c15-11-14(16,12-7-3-1-4-8-12)13-9-5-2-6-10-13;15-13(16)14(17,11-7-3-1-4-8-11)12-9-5-2-6-10-12/h1,3-4,7-8,13,16H,2,5-6,9-10H2;1,3-4,7-8,12,17H,2,5-6,9-10H2,(H,15,16)/t;14-/m.1/s1. The first-order valence-corrected chi connectivity index (χ1v) is 12.1. The molecule has 0 spiro atoms. The summed E-state index contributed by atoms with van der Waals surface area (Å²) < 4.78 is 0. The summed E-state index contributed by atoms with van der Waals surface area (Å²) in [6.45, 7) is 0. The summed E-state index contributed by atoms with van der Waals surface area (Å²) in [6.07, 6.45) is 10.1. The quantitative estimate of drug-likeness (QED) is 0.522. The number of carbonyl (C=O) groups is 1. The average Bonchev–Trinajstić information content (AvgIpc) is 2.90. The number of hydrogen-bond acceptors (Lipinski definition) is 4. The van der Waals surface area contributed by atoms with Crippen LogP contribution in [0.1, 0.15) is 75.3 Å². The third kappa shape index (κ3) is 5.63. The number of carboxylic acids is 1. The van der Waals surface area contributed by atoms with E-state index >= 15 is 0 Å². The number of rotatable bonds is 5. The molecule has 0 bridgehead atoms. The second-order valence-electron chi connectivity index (χ2n) is 9.35. The third-order valence-electron chi connectivity index (χ3n) is 7.32. The molecule has 0 heterocycles. The smallest absolute Gasteiger partial charge is 0.340 e. The summed E-state index contributed by atoms with van der Waals surface area (Å²) in [5.74, 6) is -1.21. The summed E-state index contributed by atoms with van der Waals surface area (Å²) in [4.78, 5) is 11.5. The van der Waals surface area contributed by atoms with Gasteiger partial charge in [0.25, 0.3) is 0 Å². The van der Waals surface area contributed by atoms with E-state index in [1.54, 1.807) is 24.3 Å². The maximum absolute atomic E-state index is 11.5. The Balaban J connectivity index is 0.000000186. The highest BCUT2D eigenvalue weighted by Gasteiger charge is 2.45. The highest BCUT2D eigenvalue weighted by Crippen LogP contribution is 2.40. The van der Waals surface area contributed by atoms with E-state index in [4.69, 9.17) is 0 Å². The molecule has 2 aliphatic carbocycles. The lowest BCUT2D eigenvalue weighted by Crippen LogP contribution is -2.43. The highest BCUT2D eigenvalue weighted by molar-refractivity contribution is 5.79. The van der Waals surface area contributed by atoms with Crippen molar-refractivity contribution < 1.29 is 20.1 Å². The third-order valence-corrected chi connectivity index (χ3v) is 7.32. The van der Waals surface area contributed by atoms with Crippen molar-refractivity contribution in [2.75, 3.05) is 0 Å². The van der Waals surface area contributed by atoms with E-state index < -0.39 is 17.2 Å². The zero-order valence-corrected chi connectivity index (χ0v) is 19.2. The first-order chi connectivity index (χ1) is 15.9. The van der Waals surface area contributed by atoms with Gasteiger partial charge in [0.15, 0.2) is 11.2 Å². The molecule has 176 valence electrons. The van der Waals surface area contributed by atoms with Gasteiger partial charge in [-0.1, -0.05) is 99.2 Å². The van der Waals surface area contributed by atoms with Crippen LogP contribution < -0.4 is 0 Å². The maximum Gasteiger partial charge on any atom is 0.340 e. The monoisotopic (exact) mass is 449 g/mol. The van der Waals surface area contributed by atoms with E-state index in [0.717, 1.165) is 63.4 Å². The van der Waals surface area contributed by atoms with Crippen molar-refractivity contribution in [2.45, 2.75) is 75.4 Å². The average molecular weight is 450 g/mol. The molecule has 2 saturated carbocycles. The van der Waals surface area contributed by atoms with Crippen molar-refractivity contribution in [3.05, 3.63) is 71.8 Å². The van der Waals surface area contributed by atoms with Crippen LogP contribution in [0.4, 0.5) is 0 Å². The zero-order valence-electron chi connectivity index (χ0n) is 19.2. The minimum Gasteiger partial charge on any atom is -0.479 e. The number of nitrogens with zero attached hydrogens (tertiary/aromatic N) is 1. The fourth-order valence-electron chi connectivity index (χ4n) is 5.35. The summed E-state index contributed by atoms with van der Waals surface area (Å²) in [6, 6.07) is 20.2. The molecule has 0 saturated heterocycles. The lowest BCUT2D eigenvalue weighted by molar-refractivity contribution is -0.168. The van der Waals surface area contributed by atoms with Crippen LogP contribution in [-0.4, -0.2) is 21.3 Å². The highest BCUT2D eigenvalue weighted by atomic mass is 16.4. The van der Waals surface area contributed by atoms with Crippen molar-refractivity contribution in [3.63, 3.8) is 0 Å². The predicted octanol–water partition coefficient (Wildman–Crippen LogP) is 5.52. The minimum atomic E-state index is -1.72. The molecule has 2 aromatic carbocycles. The molecule has 5 heteroatoms. The molecule has 2 fully saturated rings. The van der Waals surface area contributed by atoms with Crippen LogP contribution in [0.5, 0.6) is 0 Å². The van der Waals surface area contributed by atoms with Crippen LogP contribution in [-0.2, 0) is 16.0 Å². The van der Waals surface area contributed by atoms with Crippen molar-refractivity contribution in [3.8, 4) is 6.07 Å². The van der Waals surface area contributed by atoms with Crippen molar-refractivity contribution >= 4 is 5.97 Å². The Morgan fingerprint density at radius 1 is 0.727 bits per heavy atom. The molecule has 0 amide bonds. The van der Waals surface area contributed by atoms with E-state index in [-0.39, 0.29) is 11.8 Å². The van der Waals surface area contributed by atoms with E-state index in [2.05, 4.69) is 6.07 Å². The predicted molar refractivity (Wildman–Crippen MR) is 127 cm³/mol. The minimum absolute atomic E-state index is 0.0913. The van der Waals surface area contributed by atoms with Gasteiger partial charge in [0.2, 0.25) is 0 Å². The largest absolute Gasteiger partial charge is 0.479 e. The Morgan fingerprint density at radius 2 is 1.15 bits per heavy atom. The van der Waals surface area contributed by atoms with E-state index in [1.165, 1.54) is 6.42 Å². The fourth-order valence-corrected chi connectivity index (χ4v) is 5.35. The Labute approximate surface area is 196 Å². The van der Waals surface area contributed by atoms with Gasteiger partial charge in [-0.05, 0) is 36.8 Å². The Morgan fingerprint density at radius 3 is 1.58 bits per heavy atom. The summed E-state index contributed by atoms with van der Waals surface area (Å²) in [7, 11) is 0. The number of nitriles is 1. The molecule has 3 N–H and O–H groups in total. The molecule has 4 rings (SSSR count). The van der Waals surface area contributed by atoms with E-state index in [0.29, 0.717) is 5.56 Å². The van der Waals surface area contributed by atoms with Crippen LogP contribution in [0.25, 0.3) is 0 Å². The number of hydrogen-bond donors (Lipinski definition) is 3. The van der Waals surface area contributed by atoms with Crippen LogP contribution in [0.3, 0.4) is 0 Å². The van der Waals surface area contributed by atoms with E-state index in [1.807, 2.05) is 36.4 Å². The normalized spacial score (nSPS) is 20.9. The van der Waals surface area contributed by atoms with Gasteiger partial charge in [-0.25, -0.2) is 4.79 Å². The van der Waals surface area contributed by atoms with Gasteiger partial charge in [0.1, 0.15) is 6.07 Å². The molecule has 2 aromatic rings. The summed E-state index contributed by atoms with van der Waals surface area (Å²) in [5.41, 5.74) is -1.77. The molecule has 0 radical (unpaired) electrons. The molecule has 2 atom stereocenters. The van der Waals surface area contributed by atoms with Crippen LogP contribution in [0.15, 0.2) is 60.7 Å². The van der Waals surface area contributed by atoms with Crippen molar-refractivity contribution in [1.29, 1.82) is 5.26 Å². The Bertz CT molecular complexity index is 914. The van der Waals surface area contributed by atoms with Gasteiger partial charge in [-0.2, -0.15) is 5.26 Å². The number of carboxylic acid groups (broad SMARTS) is 1. The van der Waals surface area contributed by atoms with Gasteiger partial charge in [0.05, 0.1) is 0 Å². The van der Waals surface area contributed by atoms with E-state index in [9.17, 15) is 25.4 Å². The van der Waals surface area contributed by atoms with Crippen LogP contribution in [0.2, 0.25) is 0 Å². The van der Waals surface area contributed by atoms with Crippen molar-refractivity contribution in [2.24, 2.45) is 11.8 Å². The van der Waals surface area contributed by atoms with Gasteiger partial charge in [-0.3, -0.25) is 0 Å². The summed E-state index contributed by atoms with van der Waals surface area (Å²) in [5, 5.41) is 39.8. The van der Waals surface area contributed by atoms with Gasteiger partial charge in [-0.15, -0.1) is 0 Å². The summed E-state index contributed by atoms with van der Waals surface area (Å²) >= 11 is 0. The molecular weight excluding hydrogens is 414 g/mol. The van der Waals surface area contributed by atoms with Crippen LogP contribution >= 0.6 is 0 Å². The molecule has 1 unspecified atom stereocenters. The van der Waals surface area contributed by atoms with Gasteiger partial charge >= 0.3 is 5.97 Å². The molecular formula is C28H35NO4. The van der Waals surface area contributed by atoms with Gasteiger partial charge < -0.3 is 15.3 Å². The Kier molecular flexibility index (Phi) is 8.66. The Hall–Kier alpha value is -2.68. The number of benzene rings is 2. The second kappa shape index (κ2) is 11.4. The number of aliphatic carboxylic acids is 1. The number of aliphatic hydroxyl groups is 2. The van der Waals surface area contributed by atoms with Crippen LogP contribution in [0, 0.1) is 23.2 Å². The maximum atomic E-state index is 11.5. The fraction of sp³-hybridized carbons (Fsp3) is 0.500. The SMILES string of the molecule is N#CC(O)(c1ccccc1)C1CCCCC1.O=C(O)[C@@](O)(c1ccccc1)C1CCCCC1. The van der Waals surface area contributed by atoms with Crippen molar-refractivity contribution in [1.82, 2.24) is 0 Å². The molecule has 5 nitrogen and oxygen atoms in total. The first kappa shape index (κ1) is 25.0. The lowest BCUT2D eigenvalue weighted by atomic mass is 9.73. The zero-order chi connectivity index (χ0) is 23.7. The molecule has 2 aliphatic rings. The molecule has 33 heavy (non-hydrogen) atoms. The molecule has 0 aliphatic heterocycles. The lowest BCUT2D eigenvalue weighted by Gasteiger charge is -2.35.